The van der Waals surface area contributed by atoms with Crippen molar-refractivity contribution in [1.82, 2.24) is 9.78 Å². The highest BCUT2D eigenvalue weighted by molar-refractivity contribution is 5.70. The third kappa shape index (κ3) is 2.63. The fourth-order valence-electron chi connectivity index (χ4n) is 0.806. The number of carbonyl (C=O) groups excluding carboxylic acids is 1. The van der Waals surface area contributed by atoms with Gasteiger partial charge in [-0.25, -0.2) is 4.79 Å². The lowest BCUT2D eigenvalue weighted by atomic mass is 10.2. The van der Waals surface area contributed by atoms with Gasteiger partial charge in [-0.3, -0.25) is 0 Å². The Bertz CT molecular complexity index is 380. The normalized spacial score (nSPS) is 10.7. The topological polar surface area (TPSA) is 44.1 Å². The quantitative estimate of drug-likeness (QED) is 0.587. The molecule has 4 nitrogen and oxygen atoms in total. The predicted molar refractivity (Wildman–Crippen MR) is 51.8 cm³/mol. The average Bonchev–Trinajstić information content (AvgIpc) is 2.48. The summed E-state index contributed by atoms with van der Waals surface area (Å²) in [5.41, 5.74) is 0.0233. The lowest BCUT2D eigenvalue weighted by molar-refractivity contribution is 0.0514. The lowest BCUT2D eigenvalue weighted by Gasteiger charge is -2.18. The summed E-state index contributed by atoms with van der Waals surface area (Å²) in [5.74, 6) is 2.37. The van der Waals surface area contributed by atoms with Crippen molar-refractivity contribution in [3.05, 3.63) is 18.0 Å². The van der Waals surface area contributed by atoms with Gasteiger partial charge in [-0.2, -0.15) is 9.78 Å². The van der Waals surface area contributed by atoms with Crippen molar-refractivity contribution in [2.24, 2.45) is 0 Å². The summed E-state index contributed by atoms with van der Waals surface area (Å²) in [6.07, 6.45) is 7.49. The van der Waals surface area contributed by atoms with Gasteiger partial charge in [0.25, 0.3) is 0 Å². The second-order valence-electron chi connectivity index (χ2n) is 3.80. The molecule has 0 radical (unpaired) electrons. The highest BCUT2D eigenvalue weighted by Gasteiger charge is 2.18. The van der Waals surface area contributed by atoms with Crippen LogP contribution < -0.4 is 0 Å². The molecule has 1 rings (SSSR count). The minimum Gasteiger partial charge on any atom is -0.442 e. The number of terminal acetylenes is 1. The molecule has 0 spiro atoms. The second kappa shape index (κ2) is 3.54. The Morgan fingerprint density at radius 3 is 2.71 bits per heavy atom. The Kier molecular flexibility index (Phi) is 2.61. The summed E-state index contributed by atoms with van der Waals surface area (Å²) in [4.78, 5) is 11.4. The maximum absolute atomic E-state index is 11.4. The minimum atomic E-state index is -0.529. The number of hydrogen-bond acceptors (Lipinski definition) is 3. The maximum Gasteiger partial charge on any atom is 0.435 e. The summed E-state index contributed by atoms with van der Waals surface area (Å²) in [5, 5.41) is 3.77. The molecule has 0 aliphatic carbocycles. The molecular formula is C10H12N2O2. The Balaban J connectivity index is 2.76. The van der Waals surface area contributed by atoms with Crippen LogP contribution in [-0.4, -0.2) is 21.5 Å². The molecule has 0 fully saturated rings. The zero-order chi connectivity index (χ0) is 10.8. The Morgan fingerprint density at radius 2 is 2.29 bits per heavy atom. The first kappa shape index (κ1) is 10.3. The molecule has 0 bridgehead atoms. The number of carbonyl (C=O) groups is 1. The first-order chi connectivity index (χ1) is 6.42. The zero-order valence-corrected chi connectivity index (χ0v) is 8.44. The van der Waals surface area contributed by atoms with Gasteiger partial charge < -0.3 is 4.74 Å². The first-order valence-electron chi connectivity index (χ1n) is 4.17. The second-order valence-corrected chi connectivity index (χ2v) is 3.80. The Hall–Kier alpha value is -1.76. The van der Waals surface area contributed by atoms with E-state index in [1.165, 1.54) is 12.4 Å². The van der Waals surface area contributed by atoms with Crippen molar-refractivity contribution in [3.8, 4) is 12.3 Å². The van der Waals surface area contributed by atoms with E-state index in [2.05, 4.69) is 11.0 Å². The molecule has 0 saturated heterocycles. The fraction of sp³-hybridized carbons (Fsp3) is 0.400. The summed E-state index contributed by atoms with van der Waals surface area (Å²) < 4.78 is 6.16. The smallest absolute Gasteiger partial charge is 0.435 e. The van der Waals surface area contributed by atoms with E-state index in [1.807, 2.05) is 0 Å². The molecule has 0 aliphatic heterocycles. The summed E-state index contributed by atoms with van der Waals surface area (Å²) >= 11 is 0. The Labute approximate surface area is 82.9 Å². The average molecular weight is 192 g/mol. The standard InChI is InChI=1S/C10H12N2O2/c1-5-8-6-11-12(7-8)9(13)14-10(2,3)4/h1,6-7H,2-4H3. The molecule has 0 aromatic carbocycles. The van der Waals surface area contributed by atoms with Crippen molar-refractivity contribution in [1.29, 1.82) is 0 Å². The molecular weight excluding hydrogens is 180 g/mol. The molecule has 4 heteroatoms. The van der Waals surface area contributed by atoms with Crippen LogP contribution in [0.2, 0.25) is 0 Å². The highest BCUT2D eigenvalue weighted by atomic mass is 16.6. The number of aromatic nitrogens is 2. The number of rotatable bonds is 0. The van der Waals surface area contributed by atoms with E-state index in [-0.39, 0.29) is 0 Å². The highest BCUT2D eigenvalue weighted by Crippen LogP contribution is 2.08. The van der Waals surface area contributed by atoms with Crippen molar-refractivity contribution in [3.63, 3.8) is 0 Å². The fourth-order valence-corrected chi connectivity index (χ4v) is 0.806. The van der Waals surface area contributed by atoms with Crippen LogP contribution >= 0.6 is 0 Å². The number of nitrogens with zero attached hydrogens (tertiary/aromatic N) is 2. The third-order valence-corrected chi connectivity index (χ3v) is 1.33. The van der Waals surface area contributed by atoms with Gasteiger partial charge in [0.1, 0.15) is 5.60 Å². The van der Waals surface area contributed by atoms with Crippen LogP contribution in [0, 0.1) is 12.3 Å². The van der Waals surface area contributed by atoms with Gasteiger partial charge in [0.15, 0.2) is 0 Å². The van der Waals surface area contributed by atoms with Crippen LogP contribution in [0.3, 0.4) is 0 Å². The molecule has 0 atom stereocenters. The molecule has 0 amide bonds. The van der Waals surface area contributed by atoms with Crippen LogP contribution in [-0.2, 0) is 4.74 Å². The van der Waals surface area contributed by atoms with Crippen molar-refractivity contribution in [2.75, 3.05) is 0 Å². The van der Waals surface area contributed by atoms with Gasteiger partial charge in [0, 0.05) is 0 Å². The van der Waals surface area contributed by atoms with E-state index < -0.39 is 11.7 Å². The summed E-state index contributed by atoms with van der Waals surface area (Å²) in [7, 11) is 0. The molecule has 1 heterocycles. The van der Waals surface area contributed by atoms with Crippen LogP contribution in [0.15, 0.2) is 12.4 Å². The van der Waals surface area contributed by atoms with Gasteiger partial charge in [-0.05, 0) is 20.8 Å². The molecule has 0 aliphatic rings. The number of hydrogen-bond donors (Lipinski definition) is 0. The van der Waals surface area contributed by atoms with Crippen LogP contribution in [0.25, 0.3) is 0 Å². The van der Waals surface area contributed by atoms with Gasteiger partial charge in [0.2, 0.25) is 0 Å². The lowest BCUT2D eigenvalue weighted by Crippen LogP contribution is -2.27. The van der Waals surface area contributed by atoms with E-state index in [9.17, 15) is 4.79 Å². The monoisotopic (exact) mass is 192 g/mol. The molecule has 0 saturated carbocycles. The summed E-state index contributed by atoms with van der Waals surface area (Å²) in [6.45, 7) is 5.36. The molecule has 0 N–H and O–H groups in total. The molecule has 14 heavy (non-hydrogen) atoms. The SMILES string of the molecule is C#Cc1cnn(C(=O)OC(C)(C)C)c1. The maximum atomic E-state index is 11.4. The van der Waals surface area contributed by atoms with E-state index in [0.717, 1.165) is 4.68 Å². The van der Waals surface area contributed by atoms with Crippen LogP contribution in [0.1, 0.15) is 26.3 Å². The molecule has 1 aromatic heterocycles. The summed E-state index contributed by atoms with van der Waals surface area (Å²) in [6, 6.07) is 0. The third-order valence-electron chi connectivity index (χ3n) is 1.33. The van der Waals surface area contributed by atoms with Crippen LogP contribution in [0.4, 0.5) is 4.79 Å². The number of ether oxygens (including phenoxy) is 1. The van der Waals surface area contributed by atoms with E-state index in [1.54, 1.807) is 20.8 Å². The molecule has 1 aromatic rings. The van der Waals surface area contributed by atoms with E-state index >= 15 is 0 Å². The van der Waals surface area contributed by atoms with Gasteiger partial charge >= 0.3 is 6.09 Å². The minimum absolute atomic E-state index is 0.528. The van der Waals surface area contributed by atoms with Crippen LogP contribution in [0.5, 0.6) is 0 Å². The predicted octanol–water partition coefficient (Wildman–Crippen LogP) is 1.65. The van der Waals surface area contributed by atoms with E-state index in [0.29, 0.717) is 5.56 Å². The van der Waals surface area contributed by atoms with E-state index in [4.69, 9.17) is 11.2 Å². The van der Waals surface area contributed by atoms with Gasteiger partial charge in [-0.1, -0.05) is 5.92 Å². The van der Waals surface area contributed by atoms with Crippen molar-refractivity contribution in [2.45, 2.75) is 26.4 Å². The molecule has 0 unspecified atom stereocenters. The Morgan fingerprint density at radius 1 is 1.64 bits per heavy atom. The first-order valence-corrected chi connectivity index (χ1v) is 4.17. The zero-order valence-electron chi connectivity index (χ0n) is 8.44. The van der Waals surface area contributed by atoms with Gasteiger partial charge in [-0.15, -0.1) is 6.42 Å². The van der Waals surface area contributed by atoms with Crippen molar-refractivity contribution >= 4 is 6.09 Å². The molecule has 74 valence electrons. The van der Waals surface area contributed by atoms with Gasteiger partial charge in [0.05, 0.1) is 18.0 Å². The van der Waals surface area contributed by atoms with Crippen molar-refractivity contribution < 1.29 is 9.53 Å². The largest absolute Gasteiger partial charge is 0.442 e.